The molecule has 1 aliphatic carbocycles. The van der Waals surface area contributed by atoms with Gasteiger partial charge in [0.15, 0.2) is 0 Å². The molecule has 1 fully saturated rings. The first-order valence-electron chi connectivity index (χ1n) is 8.98. The zero-order chi connectivity index (χ0) is 16.2. The van der Waals surface area contributed by atoms with Gasteiger partial charge in [-0.2, -0.15) is 0 Å². The Bertz CT molecular complexity index is 631. The highest BCUT2D eigenvalue weighted by Crippen LogP contribution is 2.45. The summed E-state index contributed by atoms with van der Waals surface area (Å²) < 4.78 is 28.9. The normalized spacial score (nSPS) is 28.1. The lowest BCUT2D eigenvalue weighted by atomic mass is 9.70. The highest BCUT2D eigenvalue weighted by atomic mass is 19.2. The molecule has 0 amide bonds. The molecule has 2 heteroatoms. The van der Waals surface area contributed by atoms with Gasteiger partial charge in [0.25, 0.3) is 0 Å². The Kier molecular flexibility index (Phi) is 5.30. The van der Waals surface area contributed by atoms with Gasteiger partial charge in [-0.05, 0) is 41.5 Å². The predicted molar refractivity (Wildman–Crippen MR) is 93.3 cm³/mol. The van der Waals surface area contributed by atoms with E-state index in [0.717, 1.165) is 42.0 Å². The summed E-state index contributed by atoms with van der Waals surface area (Å²) in [4.78, 5) is 0. The molecule has 0 nitrogen and oxygen atoms in total. The summed E-state index contributed by atoms with van der Waals surface area (Å²) >= 11 is 0. The SMILES string of the molecule is CCCCCC1CCC(F)C(F)C1c1cccc2ccccc12. The van der Waals surface area contributed by atoms with Crippen molar-refractivity contribution in [1.82, 2.24) is 0 Å². The van der Waals surface area contributed by atoms with E-state index in [1.165, 1.54) is 6.42 Å². The van der Waals surface area contributed by atoms with E-state index in [4.69, 9.17) is 0 Å². The van der Waals surface area contributed by atoms with Gasteiger partial charge in [0, 0.05) is 5.92 Å². The molecule has 2 aromatic carbocycles. The van der Waals surface area contributed by atoms with Crippen molar-refractivity contribution in [3.05, 3.63) is 48.0 Å². The Balaban J connectivity index is 1.96. The number of benzene rings is 2. The van der Waals surface area contributed by atoms with E-state index in [2.05, 4.69) is 6.92 Å². The fourth-order valence-electron chi connectivity index (χ4n) is 4.14. The fourth-order valence-corrected chi connectivity index (χ4v) is 4.14. The van der Waals surface area contributed by atoms with E-state index in [1.54, 1.807) is 0 Å². The second-order valence-electron chi connectivity index (χ2n) is 6.89. The van der Waals surface area contributed by atoms with E-state index in [9.17, 15) is 8.78 Å². The summed E-state index contributed by atoms with van der Waals surface area (Å²) in [5.74, 6) is -0.0453. The first-order chi connectivity index (χ1) is 11.2. The lowest BCUT2D eigenvalue weighted by molar-refractivity contribution is 0.0620. The number of halogens is 2. The zero-order valence-electron chi connectivity index (χ0n) is 13.8. The van der Waals surface area contributed by atoms with Crippen molar-refractivity contribution < 1.29 is 8.78 Å². The molecule has 1 aliphatic rings. The molecule has 0 radical (unpaired) electrons. The van der Waals surface area contributed by atoms with Crippen LogP contribution in [-0.2, 0) is 0 Å². The summed E-state index contributed by atoms with van der Waals surface area (Å²) in [7, 11) is 0. The van der Waals surface area contributed by atoms with E-state index < -0.39 is 12.3 Å². The quantitative estimate of drug-likeness (QED) is 0.546. The molecule has 0 heterocycles. The zero-order valence-corrected chi connectivity index (χ0v) is 13.8. The molecule has 4 unspecified atom stereocenters. The topological polar surface area (TPSA) is 0 Å². The summed E-state index contributed by atoms with van der Waals surface area (Å²) in [6, 6.07) is 14.1. The van der Waals surface area contributed by atoms with Crippen LogP contribution in [0, 0.1) is 5.92 Å². The Morgan fingerprint density at radius 3 is 2.57 bits per heavy atom. The van der Waals surface area contributed by atoms with Crippen molar-refractivity contribution in [2.24, 2.45) is 5.92 Å². The predicted octanol–water partition coefficient (Wildman–Crippen LogP) is 6.59. The molecule has 2 aromatic rings. The molecule has 0 aliphatic heterocycles. The lowest BCUT2D eigenvalue weighted by Crippen LogP contribution is -2.36. The lowest BCUT2D eigenvalue weighted by Gasteiger charge is -2.37. The number of rotatable bonds is 5. The minimum atomic E-state index is -1.37. The van der Waals surface area contributed by atoms with E-state index >= 15 is 0 Å². The van der Waals surface area contributed by atoms with Gasteiger partial charge in [-0.25, -0.2) is 8.78 Å². The van der Waals surface area contributed by atoms with Crippen LogP contribution in [0.5, 0.6) is 0 Å². The van der Waals surface area contributed by atoms with Gasteiger partial charge in [-0.1, -0.05) is 68.7 Å². The molecular formula is C21H26F2. The van der Waals surface area contributed by atoms with Gasteiger partial charge in [-0.3, -0.25) is 0 Å². The molecule has 0 bridgehead atoms. The van der Waals surface area contributed by atoms with Crippen molar-refractivity contribution in [2.75, 3.05) is 0 Å². The summed E-state index contributed by atoms with van der Waals surface area (Å²) in [6.07, 6.45) is 2.95. The number of unbranched alkanes of at least 4 members (excludes halogenated alkanes) is 2. The van der Waals surface area contributed by atoms with Crippen LogP contribution in [0.4, 0.5) is 8.78 Å². The van der Waals surface area contributed by atoms with Gasteiger partial charge in [0.05, 0.1) is 0 Å². The van der Waals surface area contributed by atoms with Gasteiger partial charge < -0.3 is 0 Å². The standard InChI is InChI=1S/C21H26F2/c1-2-3-4-9-16-13-14-19(22)21(23)20(16)18-12-7-10-15-8-5-6-11-17(15)18/h5-8,10-12,16,19-21H,2-4,9,13-14H2,1H3. The third-order valence-electron chi connectivity index (χ3n) is 5.37. The molecule has 0 aromatic heterocycles. The average Bonchev–Trinajstić information content (AvgIpc) is 2.58. The van der Waals surface area contributed by atoms with Crippen LogP contribution in [0.3, 0.4) is 0 Å². The molecule has 1 saturated carbocycles. The van der Waals surface area contributed by atoms with Crippen LogP contribution < -0.4 is 0 Å². The van der Waals surface area contributed by atoms with E-state index in [-0.39, 0.29) is 11.8 Å². The number of alkyl halides is 2. The molecule has 124 valence electrons. The molecular weight excluding hydrogens is 290 g/mol. The Morgan fingerprint density at radius 1 is 0.957 bits per heavy atom. The second-order valence-corrected chi connectivity index (χ2v) is 6.89. The van der Waals surface area contributed by atoms with Crippen molar-refractivity contribution in [3.8, 4) is 0 Å². The number of fused-ring (bicyclic) bond motifs is 1. The Morgan fingerprint density at radius 2 is 1.74 bits per heavy atom. The van der Waals surface area contributed by atoms with Gasteiger partial charge in [-0.15, -0.1) is 0 Å². The van der Waals surface area contributed by atoms with Crippen LogP contribution in [0.15, 0.2) is 42.5 Å². The second kappa shape index (κ2) is 7.42. The molecule has 23 heavy (non-hydrogen) atoms. The van der Waals surface area contributed by atoms with Gasteiger partial charge in [0.2, 0.25) is 0 Å². The van der Waals surface area contributed by atoms with Crippen molar-refractivity contribution in [3.63, 3.8) is 0 Å². The van der Waals surface area contributed by atoms with Crippen LogP contribution in [0.1, 0.15) is 56.9 Å². The van der Waals surface area contributed by atoms with Crippen LogP contribution in [0.25, 0.3) is 10.8 Å². The smallest absolute Gasteiger partial charge is 0.138 e. The maximum Gasteiger partial charge on any atom is 0.138 e. The third-order valence-corrected chi connectivity index (χ3v) is 5.37. The summed E-state index contributed by atoms with van der Waals surface area (Å²) in [6.45, 7) is 2.18. The molecule has 3 rings (SSSR count). The highest BCUT2D eigenvalue weighted by Gasteiger charge is 2.41. The molecule has 4 atom stereocenters. The van der Waals surface area contributed by atoms with Gasteiger partial charge in [0.1, 0.15) is 12.3 Å². The van der Waals surface area contributed by atoms with Crippen LogP contribution >= 0.6 is 0 Å². The minimum absolute atomic E-state index is 0.259. The third kappa shape index (κ3) is 3.41. The fraction of sp³-hybridized carbons (Fsp3) is 0.524. The Labute approximate surface area is 137 Å². The van der Waals surface area contributed by atoms with Crippen LogP contribution in [0.2, 0.25) is 0 Å². The Hall–Kier alpha value is -1.44. The van der Waals surface area contributed by atoms with Crippen LogP contribution in [-0.4, -0.2) is 12.3 Å². The summed E-state index contributed by atoms with van der Waals surface area (Å²) in [5, 5.41) is 2.20. The van der Waals surface area contributed by atoms with Crippen molar-refractivity contribution in [2.45, 2.75) is 63.7 Å². The minimum Gasteiger partial charge on any atom is -0.244 e. The van der Waals surface area contributed by atoms with E-state index in [0.29, 0.717) is 6.42 Å². The summed E-state index contributed by atoms with van der Waals surface area (Å²) in [5.41, 5.74) is 0.999. The monoisotopic (exact) mass is 316 g/mol. The number of hydrogen-bond donors (Lipinski definition) is 0. The first-order valence-corrected chi connectivity index (χ1v) is 8.98. The first kappa shape index (κ1) is 16.4. The van der Waals surface area contributed by atoms with Crippen molar-refractivity contribution >= 4 is 10.8 Å². The largest absolute Gasteiger partial charge is 0.244 e. The van der Waals surface area contributed by atoms with Crippen molar-refractivity contribution in [1.29, 1.82) is 0 Å². The average molecular weight is 316 g/mol. The number of hydrogen-bond acceptors (Lipinski definition) is 0. The van der Waals surface area contributed by atoms with E-state index in [1.807, 2.05) is 42.5 Å². The maximum atomic E-state index is 14.8. The molecule has 0 saturated heterocycles. The molecule has 0 spiro atoms. The highest BCUT2D eigenvalue weighted by molar-refractivity contribution is 5.86. The van der Waals surface area contributed by atoms with Gasteiger partial charge >= 0.3 is 0 Å². The molecule has 0 N–H and O–H groups in total. The maximum absolute atomic E-state index is 14.8.